The van der Waals surface area contributed by atoms with Crippen LogP contribution in [0.4, 0.5) is 4.79 Å². The molecular weight excluding hydrogens is 260 g/mol. The van der Waals surface area contributed by atoms with Gasteiger partial charge in [0.15, 0.2) is 0 Å². The largest absolute Gasteiger partial charge is 0.444 e. The van der Waals surface area contributed by atoms with Gasteiger partial charge in [-0.1, -0.05) is 6.42 Å². The lowest BCUT2D eigenvalue weighted by atomic mass is 9.85. The molecule has 0 heterocycles. The van der Waals surface area contributed by atoms with Crippen LogP contribution >= 0.6 is 0 Å². The highest BCUT2D eigenvalue weighted by Gasteiger charge is 2.29. The third-order valence-corrected chi connectivity index (χ3v) is 3.16. The quantitative estimate of drug-likeness (QED) is 0.772. The lowest BCUT2D eigenvalue weighted by Crippen LogP contribution is -2.44. The van der Waals surface area contributed by atoms with Gasteiger partial charge in [-0.05, 0) is 40.0 Å². The first-order chi connectivity index (χ1) is 9.31. The molecule has 2 atom stereocenters. The van der Waals surface area contributed by atoms with E-state index >= 15 is 0 Å². The highest BCUT2D eigenvalue weighted by Crippen LogP contribution is 2.24. The van der Waals surface area contributed by atoms with Gasteiger partial charge in [0, 0.05) is 19.1 Å². The number of amides is 2. The fourth-order valence-corrected chi connectivity index (χ4v) is 2.32. The molecule has 1 fully saturated rings. The molecule has 2 amide bonds. The second kappa shape index (κ2) is 7.47. The average Bonchev–Trinajstić information content (AvgIpc) is 2.33. The van der Waals surface area contributed by atoms with E-state index in [9.17, 15) is 9.59 Å². The van der Waals surface area contributed by atoms with Crippen LogP contribution in [-0.2, 0) is 14.3 Å². The van der Waals surface area contributed by atoms with Crippen molar-refractivity contribution in [2.45, 2.75) is 58.1 Å². The molecule has 1 aliphatic carbocycles. The van der Waals surface area contributed by atoms with Crippen LogP contribution in [0.25, 0.3) is 0 Å². The maximum Gasteiger partial charge on any atom is 0.407 e. The molecule has 1 rings (SSSR count). The SMILES string of the molecule is COCNC(=O)C1CCCC(NC(=O)OC(C)(C)C)C1. The van der Waals surface area contributed by atoms with E-state index in [1.54, 1.807) is 0 Å². The number of hydrogen-bond acceptors (Lipinski definition) is 4. The molecule has 6 heteroatoms. The van der Waals surface area contributed by atoms with Crippen LogP contribution in [0, 0.1) is 5.92 Å². The van der Waals surface area contributed by atoms with Crippen molar-refractivity contribution in [1.82, 2.24) is 10.6 Å². The Labute approximate surface area is 120 Å². The number of alkyl carbamates (subject to hydrolysis) is 1. The van der Waals surface area contributed by atoms with Crippen molar-refractivity contribution in [3.8, 4) is 0 Å². The smallest absolute Gasteiger partial charge is 0.407 e. The summed E-state index contributed by atoms with van der Waals surface area (Å²) in [5, 5.41) is 5.55. The number of nitrogens with one attached hydrogen (secondary N) is 2. The van der Waals surface area contributed by atoms with Crippen molar-refractivity contribution in [2.24, 2.45) is 5.92 Å². The second-order valence-corrected chi connectivity index (χ2v) is 6.18. The summed E-state index contributed by atoms with van der Waals surface area (Å²) in [5.41, 5.74) is -0.506. The van der Waals surface area contributed by atoms with Crippen LogP contribution in [0.5, 0.6) is 0 Å². The number of carbonyl (C=O) groups is 2. The van der Waals surface area contributed by atoms with E-state index in [1.165, 1.54) is 7.11 Å². The highest BCUT2D eigenvalue weighted by molar-refractivity contribution is 5.78. The van der Waals surface area contributed by atoms with Crippen LogP contribution in [0.2, 0.25) is 0 Å². The summed E-state index contributed by atoms with van der Waals surface area (Å²) in [6.07, 6.45) is 2.89. The first-order valence-corrected chi connectivity index (χ1v) is 7.08. The predicted molar refractivity (Wildman–Crippen MR) is 75.1 cm³/mol. The number of carbonyl (C=O) groups excluding carboxylic acids is 2. The van der Waals surface area contributed by atoms with E-state index in [4.69, 9.17) is 9.47 Å². The number of ether oxygens (including phenoxy) is 2. The molecule has 0 aromatic rings. The van der Waals surface area contributed by atoms with Crippen molar-refractivity contribution in [3.63, 3.8) is 0 Å². The van der Waals surface area contributed by atoms with Gasteiger partial charge < -0.3 is 20.1 Å². The molecule has 0 spiro atoms. The number of methoxy groups -OCH3 is 1. The van der Waals surface area contributed by atoms with Crippen LogP contribution in [-0.4, -0.2) is 37.5 Å². The van der Waals surface area contributed by atoms with Gasteiger partial charge in [-0.3, -0.25) is 4.79 Å². The Kier molecular flexibility index (Phi) is 6.26. The zero-order valence-corrected chi connectivity index (χ0v) is 12.8. The van der Waals surface area contributed by atoms with Gasteiger partial charge >= 0.3 is 6.09 Å². The first kappa shape index (κ1) is 16.8. The topological polar surface area (TPSA) is 76.7 Å². The Bertz CT molecular complexity index is 339. The molecular formula is C14H26N2O4. The fraction of sp³-hybridized carbons (Fsp3) is 0.857. The van der Waals surface area contributed by atoms with Gasteiger partial charge in [0.2, 0.25) is 5.91 Å². The maximum absolute atomic E-state index is 11.9. The molecule has 6 nitrogen and oxygen atoms in total. The van der Waals surface area contributed by atoms with Crippen LogP contribution < -0.4 is 10.6 Å². The summed E-state index contributed by atoms with van der Waals surface area (Å²) in [4.78, 5) is 23.6. The highest BCUT2D eigenvalue weighted by atomic mass is 16.6. The summed E-state index contributed by atoms with van der Waals surface area (Å²) in [6, 6.07) is -0.00288. The van der Waals surface area contributed by atoms with Gasteiger partial charge in [0.05, 0.1) is 0 Å². The van der Waals surface area contributed by atoms with Crippen LogP contribution in [0.15, 0.2) is 0 Å². The summed E-state index contributed by atoms with van der Waals surface area (Å²) in [5.74, 6) is -0.0821. The van der Waals surface area contributed by atoms with Crippen LogP contribution in [0.1, 0.15) is 46.5 Å². The van der Waals surface area contributed by atoms with E-state index in [0.717, 1.165) is 19.3 Å². The Balaban J connectivity index is 2.40. The van der Waals surface area contributed by atoms with E-state index in [1.807, 2.05) is 20.8 Å². The Hall–Kier alpha value is -1.30. The average molecular weight is 286 g/mol. The zero-order valence-electron chi connectivity index (χ0n) is 12.8. The molecule has 20 heavy (non-hydrogen) atoms. The van der Waals surface area contributed by atoms with Crippen molar-refractivity contribution in [3.05, 3.63) is 0 Å². The minimum absolute atomic E-state index is 0.00288. The lowest BCUT2D eigenvalue weighted by molar-refractivity contribution is -0.127. The number of rotatable bonds is 4. The normalized spacial score (nSPS) is 23.0. The second-order valence-electron chi connectivity index (χ2n) is 6.18. The Morgan fingerprint density at radius 1 is 1.25 bits per heavy atom. The molecule has 0 radical (unpaired) electrons. The first-order valence-electron chi connectivity index (χ1n) is 7.08. The standard InChI is InChI=1S/C14H26N2O4/c1-14(2,3)20-13(18)16-11-7-5-6-10(8-11)12(17)15-9-19-4/h10-11H,5-9H2,1-4H3,(H,15,17)(H,16,18). The molecule has 2 unspecified atom stereocenters. The van der Waals surface area contributed by atoms with Crippen molar-refractivity contribution in [2.75, 3.05) is 13.8 Å². The fourth-order valence-electron chi connectivity index (χ4n) is 2.32. The summed E-state index contributed by atoms with van der Waals surface area (Å²) >= 11 is 0. The molecule has 1 aliphatic rings. The van der Waals surface area contributed by atoms with Gasteiger partial charge in [-0.25, -0.2) is 4.79 Å². The lowest BCUT2D eigenvalue weighted by Gasteiger charge is -2.30. The molecule has 0 aromatic carbocycles. The van der Waals surface area contributed by atoms with E-state index in [2.05, 4.69) is 10.6 Å². The van der Waals surface area contributed by atoms with Gasteiger partial charge in [0.1, 0.15) is 12.3 Å². The molecule has 116 valence electrons. The number of hydrogen-bond donors (Lipinski definition) is 2. The summed E-state index contributed by atoms with van der Waals surface area (Å²) in [7, 11) is 1.54. The Morgan fingerprint density at radius 2 is 1.95 bits per heavy atom. The van der Waals surface area contributed by atoms with E-state index in [0.29, 0.717) is 6.42 Å². The van der Waals surface area contributed by atoms with Crippen LogP contribution in [0.3, 0.4) is 0 Å². The van der Waals surface area contributed by atoms with E-state index in [-0.39, 0.29) is 24.6 Å². The minimum Gasteiger partial charge on any atom is -0.444 e. The van der Waals surface area contributed by atoms with Gasteiger partial charge in [0.25, 0.3) is 0 Å². The molecule has 0 aromatic heterocycles. The third kappa shape index (κ3) is 6.23. The van der Waals surface area contributed by atoms with Crippen molar-refractivity contribution >= 4 is 12.0 Å². The minimum atomic E-state index is -0.506. The maximum atomic E-state index is 11.9. The third-order valence-electron chi connectivity index (χ3n) is 3.16. The van der Waals surface area contributed by atoms with Gasteiger partial charge in [-0.15, -0.1) is 0 Å². The monoisotopic (exact) mass is 286 g/mol. The molecule has 0 saturated heterocycles. The van der Waals surface area contributed by atoms with Gasteiger partial charge in [-0.2, -0.15) is 0 Å². The molecule has 0 bridgehead atoms. The summed E-state index contributed by atoms with van der Waals surface area (Å²) in [6.45, 7) is 5.71. The molecule has 1 saturated carbocycles. The van der Waals surface area contributed by atoms with Crippen molar-refractivity contribution < 1.29 is 19.1 Å². The molecule has 0 aliphatic heterocycles. The van der Waals surface area contributed by atoms with Crippen molar-refractivity contribution in [1.29, 1.82) is 0 Å². The molecule has 2 N–H and O–H groups in total. The summed E-state index contributed by atoms with van der Waals surface area (Å²) < 4.78 is 10.1. The Morgan fingerprint density at radius 3 is 2.55 bits per heavy atom. The predicted octanol–water partition coefficient (Wildman–Crippen LogP) is 1.79. The van der Waals surface area contributed by atoms with E-state index < -0.39 is 11.7 Å². The zero-order chi connectivity index (χ0) is 15.2.